The molecule has 0 aliphatic carbocycles. The fourth-order valence-electron chi connectivity index (χ4n) is 2.26. The molecule has 0 heterocycles. The minimum atomic E-state index is -4.33. The van der Waals surface area contributed by atoms with E-state index in [0.717, 1.165) is 28.5 Å². The third-order valence-corrected chi connectivity index (χ3v) is 3.44. The first-order valence-corrected chi connectivity index (χ1v) is 6.83. The third kappa shape index (κ3) is 3.22. The second-order valence-corrected chi connectivity index (χ2v) is 5.02. The monoisotopic (exact) mass is 300 g/mol. The summed E-state index contributed by atoms with van der Waals surface area (Å²) >= 11 is 0. The molecule has 0 aliphatic heterocycles. The van der Waals surface area contributed by atoms with Crippen LogP contribution in [0.2, 0.25) is 0 Å². The molecule has 0 saturated carbocycles. The number of alkyl halides is 3. The van der Waals surface area contributed by atoms with Crippen molar-refractivity contribution in [3.05, 3.63) is 77.9 Å². The molecule has 0 aromatic heterocycles. The minimum Gasteiger partial charge on any atom is -0.380 e. The Morgan fingerprint density at radius 3 is 2.36 bits per heavy atom. The van der Waals surface area contributed by atoms with Crippen LogP contribution >= 0.6 is 0 Å². The van der Waals surface area contributed by atoms with Gasteiger partial charge >= 0.3 is 6.18 Å². The van der Waals surface area contributed by atoms with E-state index in [2.05, 4.69) is 17.4 Å². The summed E-state index contributed by atoms with van der Waals surface area (Å²) in [6.07, 6.45) is -4.33. The standard InChI is InChI=1S/C18H13F3N/c19-18(20,21)16-7-9-17(10-8-16)22-12-13-5-6-14-3-1-2-4-15(14)11-13/h1-9,11,22H,12H2. The van der Waals surface area contributed by atoms with Crippen LogP contribution in [0.25, 0.3) is 10.8 Å². The molecule has 111 valence electrons. The predicted octanol–water partition coefficient (Wildman–Crippen LogP) is 5.27. The molecule has 0 atom stereocenters. The van der Waals surface area contributed by atoms with Crippen LogP contribution in [0.4, 0.5) is 18.9 Å². The SMILES string of the molecule is FC(F)(F)c1c[c]c(NCc2ccc3ccccc3c2)cc1. The number of anilines is 1. The van der Waals surface area contributed by atoms with E-state index < -0.39 is 11.7 Å². The summed E-state index contributed by atoms with van der Waals surface area (Å²) in [6.45, 7) is 0.534. The van der Waals surface area contributed by atoms with Gasteiger partial charge in [0, 0.05) is 18.3 Å². The van der Waals surface area contributed by atoms with Crippen molar-refractivity contribution < 1.29 is 13.2 Å². The Bertz CT molecular complexity index is 776. The van der Waals surface area contributed by atoms with Crippen LogP contribution < -0.4 is 5.32 Å². The second-order valence-electron chi connectivity index (χ2n) is 5.02. The average molecular weight is 300 g/mol. The van der Waals surface area contributed by atoms with E-state index in [1.807, 2.05) is 36.4 Å². The molecule has 22 heavy (non-hydrogen) atoms. The largest absolute Gasteiger partial charge is 0.416 e. The molecule has 1 nitrogen and oxygen atoms in total. The average Bonchev–Trinajstić information content (AvgIpc) is 2.52. The Morgan fingerprint density at radius 2 is 1.68 bits per heavy atom. The summed E-state index contributed by atoms with van der Waals surface area (Å²) in [5.41, 5.74) is 0.914. The van der Waals surface area contributed by atoms with E-state index >= 15 is 0 Å². The Balaban J connectivity index is 1.71. The Labute approximate surface area is 126 Å². The van der Waals surface area contributed by atoms with E-state index in [-0.39, 0.29) is 0 Å². The van der Waals surface area contributed by atoms with Crippen molar-refractivity contribution in [3.63, 3.8) is 0 Å². The first-order valence-electron chi connectivity index (χ1n) is 6.83. The highest BCUT2D eigenvalue weighted by Gasteiger charge is 2.29. The second kappa shape index (κ2) is 5.72. The lowest BCUT2D eigenvalue weighted by Gasteiger charge is -2.10. The van der Waals surface area contributed by atoms with Gasteiger partial charge in [-0.15, -0.1) is 0 Å². The van der Waals surface area contributed by atoms with Crippen LogP contribution in [-0.4, -0.2) is 0 Å². The summed E-state index contributed by atoms with van der Waals surface area (Å²) in [5, 5.41) is 5.38. The first-order chi connectivity index (χ1) is 10.5. The summed E-state index contributed by atoms with van der Waals surface area (Å²) in [5.74, 6) is 0. The molecule has 1 N–H and O–H groups in total. The highest BCUT2D eigenvalue weighted by Crippen LogP contribution is 2.29. The lowest BCUT2D eigenvalue weighted by atomic mass is 10.1. The number of halogens is 3. The van der Waals surface area contributed by atoms with Gasteiger partial charge in [-0.05, 0) is 40.6 Å². The molecule has 3 aromatic rings. The highest BCUT2D eigenvalue weighted by molar-refractivity contribution is 5.83. The Hall–Kier alpha value is -2.49. The zero-order chi connectivity index (χ0) is 15.6. The molecular weight excluding hydrogens is 287 g/mol. The lowest BCUT2D eigenvalue weighted by molar-refractivity contribution is -0.137. The topological polar surface area (TPSA) is 12.0 Å². The van der Waals surface area contributed by atoms with Gasteiger partial charge in [-0.25, -0.2) is 0 Å². The summed E-state index contributed by atoms with van der Waals surface area (Å²) < 4.78 is 37.4. The first kappa shape index (κ1) is 14.4. The van der Waals surface area contributed by atoms with Crippen LogP contribution in [0.5, 0.6) is 0 Å². The van der Waals surface area contributed by atoms with Gasteiger partial charge in [0.05, 0.1) is 5.56 Å². The van der Waals surface area contributed by atoms with Crippen molar-refractivity contribution >= 4 is 16.5 Å². The van der Waals surface area contributed by atoms with Gasteiger partial charge in [-0.1, -0.05) is 36.4 Å². The van der Waals surface area contributed by atoms with Crippen molar-refractivity contribution in [1.82, 2.24) is 0 Å². The summed E-state index contributed by atoms with van der Waals surface area (Å²) in [7, 11) is 0. The Morgan fingerprint density at radius 1 is 0.909 bits per heavy atom. The van der Waals surface area contributed by atoms with E-state index in [4.69, 9.17) is 0 Å². The van der Waals surface area contributed by atoms with Gasteiger partial charge in [0.2, 0.25) is 0 Å². The normalized spacial score (nSPS) is 11.6. The van der Waals surface area contributed by atoms with E-state index in [0.29, 0.717) is 12.2 Å². The number of hydrogen-bond acceptors (Lipinski definition) is 1. The fourth-order valence-corrected chi connectivity index (χ4v) is 2.26. The van der Waals surface area contributed by atoms with Crippen molar-refractivity contribution in [3.8, 4) is 0 Å². The fraction of sp³-hybridized carbons (Fsp3) is 0.111. The van der Waals surface area contributed by atoms with Gasteiger partial charge in [0.1, 0.15) is 0 Å². The quantitative estimate of drug-likeness (QED) is 0.694. The molecule has 0 unspecified atom stereocenters. The van der Waals surface area contributed by atoms with Gasteiger partial charge in [-0.3, -0.25) is 0 Å². The Kier molecular flexibility index (Phi) is 3.75. The van der Waals surface area contributed by atoms with Gasteiger partial charge in [0.25, 0.3) is 0 Å². The maximum absolute atomic E-state index is 12.5. The summed E-state index contributed by atoms with van der Waals surface area (Å²) in [4.78, 5) is 0. The van der Waals surface area contributed by atoms with Crippen LogP contribution in [0.3, 0.4) is 0 Å². The molecule has 0 amide bonds. The van der Waals surface area contributed by atoms with E-state index in [1.54, 1.807) is 0 Å². The minimum absolute atomic E-state index is 0.534. The molecule has 0 fully saturated rings. The maximum atomic E-state index is 12.5. The number of benzene rings is 3. The maximum Gasteiger partial charge on any atom is 0.416 e. The molecule has 4 heteroatoms. The molecule has 0 aliphatic rings. The molecule has 1 radical (unpaired) electrons. The molecule has 0 bridgehead atoms. The lowest BCUT2D eigenvalue weighted by Crippen LogP contribution is -2.05. The number of nitrogens with one attached hydrogen (secondary N) is 1. The van der Waals surface area contributed by atoms with E-state index in [9.17, 15) is 13.2 Å². The number of rotatable bonds is 3. The zero-order valence-electron chi connectivity index (χ0n) is 11.6. The van der Waals surface area contributed by atoms with Crippen LogP contribution in [0.15, 0.2) is 60.7 Å². The van der Waals surface area contributed by atoms with Crippen molar-refractivity contribution in [2.75, 3.05) is 5.32 Å². The van der Waals surface area contributed by atoms with Gasteiger partial charge < -0.3 is 5.32 Å². The zero-order valence-corrected chi connectivity index (χ0v) is 11.6. The van der Waals surface area contributed by atoms with Crippen molar-refractivity contribution in [2.24, 2.45) is 0 Å². The number of fused-ring (bicyclic) bond motifs is 1. The van der Waals surface area contributed by atoms with Crippen LogP contribution in [0.1, 0.15) is 11.1 Å². The molecule has 0 saturated heterocycles. The smallest absolute Gasteiger partial charge is 0.380 e. The van der Waals surface area contributed by atoms with Gasteiger partial charge in [0.15, 0.2) is 0 Å². The van der Waals surface area contributed by atoms with Crippen LogP contribution in [-0.2, 0) is 12.7 Å². The highest BCUT2D eigenvalue weighted by atomic mass is 19.4. The van der Waals surface area contributed by atoms with Crippen molar-refractivity contribution in [1.29, 1.82) is 0 Å². The van der Waals surface area contributed by atoms with Crippen molar-refractivity contribution in [2.45, 2.75) is 12.7 Å². The molecular formula is C18H13F3N. The van der Waals surface area contributed by atoms with Gasteiger partial charge in [-0.2, -0.15) is 13.2 Å². The predicted molar refractivity (Wildman–Crippen MR) is 81.6 cm³/mol. The molecule has 0 spiro atoms. The third-order valence-electron chi connectivity index (χ3n) is 3.44. The van der Waals surface area contributed by atoms with E-state index in [1.165, 1.54) is 6.07 Å². The van der Waals surface area contributed by atoms with Crippen LogP contribution in [0, 0.1) is 6.07 Å². The number of hydrogen-bond donors (Lipinski definition) is 1. The summed E-state index contributed by atoms with van der Waals surface area (Å²) in [6, 6.07) is 20.1. The molecule has 3 aromatic carbocycles. The molecule has 3 rings (SSSR count).